The highest BCUT2D eigenvalue weighted by Crippen LogP contribution is 2.43. The topological polar surface area (TPSA) is 28.1 Å². The fourth-order valence-electron chi connectivity index (χ4n) is 4.37. The summed E-state index contributed by atoms with van der Waals surface area (Å²) in [5, 5.41) is 0. The highest BCUT2D eigenvalue weighted by molar-refractivity contribution is 5.90. The minimum atomic E-state index is 0.0827. The first-order valence-electron chi connectivity index (χ1n) is 9.00. The number of ether oxygens (including phenoxy) is 1. The van der Waals surface area contributed by atoms with E-state index >= 15 is 0 Å². The number of rotatable bonds is 1. The van der Waals surface area contributed by atoms with E-state index in [1.807, 2.05) is 0 Å². The SMILES string of the molecule is C[C@@H]1N=C(C(C)(C)C)N2CC(N3CCOC3)CC2=C1C(C)(C)C. The first-order chi connectivity index (χ1) is 10.6. The molecule has 23 heavy (non-hydrogen) atoms. The Balaban J connectivity index is 2.00. The van der Waals surface area contributed by atoms with Gasteiger partial charge in [-0.2, -0.15) is 0 Å². The van der Waals surface area contributed by atoms with Gasteiger partial charge < -0.3 is 9.64 Å². The van der Waals surface area contributed by atoms with E-state index < -0.39 is 0 Å². The Morgan fingerprint density at radius 3 is 2.30 bits per heavy atom. The summed E-state index contributed by atoms with van der Waals surface area (Å²) in [5.74, 6) is 1.26. The van der Waals surface area contributed by atoms with Gasteiger partial charge in [0.05, 0.1) is 19.4 Å². The second-order valence-corrected chi connectivity index (χ2v) is 9.31. The van der Waals surface area contributed by atoms with Gasteiger partial charge >= 0.3 is 0 Å². The summed E-state index contributed by atoms with van der Waals surface area (Å²) in [4.78, 5) is 10.2. The monoisotopic (exact) mass is 319 g/mol. The summed E-state index contributed by atoms with van der Waals surface area (Å²) in [6.07, 6.45) is 1.13. The molecule has 0 aromatic carbocycles. The van der Waals surface area contributed by atoms with Gasteiger partial charge in [-0.1, -0.05) is 41.5 Å². The average molecular weight is 319 g/mol. The zero-order valence-electron chi connectivity index (χ0n) is 15.9. The van der Waals surface area contributed by atoms with Gasteiger partial charge in [0, 0.05) is 36.7 Å². The van der Waals surface area contributed by atoms with Gasteiger partial charge in [0.15, 0.2) is 0 Å². The molecule has 3 aliphatic heterocycles. The maximum atomic E-state index is 5.59. The van der Waals surface area contributed by atoms with Crippen molar-refractivity contribution in [2.75, 3.05) is 26.4 Å². The molecule has 0 N–H and O–H groups in total. The Bertz CT molecular complexity index is 530. The highest BCUT2D eigenvalue weighted by Gasteiger charge is 2.44. The van der Waals surface area contributed by atoms with Crippen LogP contribution in [-0.2, 0) is 4.74 Å². The van der Waals surface area contributed by atoms with Crippen LogP contribution in [0.25, 0.3) is 0 Å². The number of aliphatic imine (C=N–C) groups is 1. The zero-order valence-corrected chi connectivity index (χ0v) is 15.9. The summed E-state index contributed by atoms with van der Waals surface area (Å²) in [6.45, 7) is 19.9. The molecule has 0 aromatic heterocycles. The Hall–Kier alpha value is -0.870. The van der Waals surface area contributed by atoms with Gasteiger partial charge in [-0.3, -0.25) is 9.89 Å². The van der Waals surface area contributed by atoms with Crippen molar-refractivity contribution in [2.45, 2.75) is 67.0 Å². The molecule has 0 radical (unpaired) electrons. The Kier molecular flexibility index (Phi) is 4.13. The molecule has 0 aromatic rings. The first kappa shape index (κ1) is 17.0. The van der Waals surface area contributed by atoms with E-state index in [4.69, 9.17) is 9.73 Å². The van der Waals surface area contributed by atoms with E-state index in [-0.39, 0.29) is 16.9 Å². The number of fused-ring (bicyclic) bond motifs is 1. The zero-order chi connectivity index (χ0) is 17.0. The van der Waals surface area contributed by atoms with Crippen molar-refractivity contribution in [3.63, 3.8) is 0 Å². The third-order valence-corrected chi connectivity index (χ3v) is 5.22. The van der Waals surface area contributed by atoms with E-state index in [1.54, 1.807) is 0 Å². The average Bonchev–Trinajstić information content (AvgIpc) is 3.02. The van der Waals surface area contributed by atoms with Crippen LogP contribution in [-0.4, -0.2) is 54.1 Å². The van der Waals surface area contributed by atoms with Crippen LogP contribution in [0.15, 0.2) is 16.3 Å². The molecule has 0 bridgehead atoms. The summed E-state index contributed by atoms with van der Waals surface area (Å²) < 4.78 is 5.59. The lowest BCUT2D eigenvalue weighted by Crippen LogP contribution is -2.44. The first-order valence-corrected chi connectivity index (χ1v) is 9.00. The Labute approximate surface area is 141 Å². The van der Waals surface area contributed by atoms with Crippen LogP contribution in [0.1, 0.15) is 54.9 Å². The fourth-order valence-corrected chi connectivity index (χ4v) is 4.37. The Morgan fingerprint density at radius 1 is 1.09 bits per heavy atom. The lowest BCUT2D eigenvalue weighted by Gasteiger charge is -2.41. The number of nitrogens with zero attached hydrogens (tertiary/aromatic N) is 3. The molecule has 4 nitrogen and oxygen atoms in total. The molecule has 0 amide bonds. The normalized spacial score (nSPS) is 30.0. The van der Waals surface area contributed by atoms with Gasteiger partial charge in [0.25, 0.3) is 0 Å². The highest BCUT2D eigenvalue weighted by atomic mass is 16.5. The second-order valence-electron chi connectivity index (χ2n) is 9.31. The third kappa shape index (κ3) is 3.08. The lowest BCUT2D eigenvalue weighted by atomic mass is 9.79. The minimum Gasteiger partial charge on any atom is -0.365 e. The molecule has 3 aliphatic rings. The number of hydrogen-bond donors (Lipinski definition) is 0. The summed E-state index contributed by atoms with van der Waals surface area (Å²) >= 11 is 0. The predicted octanol–water partition coefficient (Wildman–Crippen LogP) is 3.50. The van der Waals surface area contributed by atoms with E-state index in [2.05, 4.69) is 58.3 Å². The number of hydrogen-bond acceptors (Lipinski definition) is 4. The molecule has 0 spiro atoms. The summed E-state index contributed by atoms with van der Waals surface area (Å²) in [6, 6.07) is 0.840. The standard InChI is InChI=1S/C19H33N3O/c1-13-16(18(2,3)4)15-10-14(21-8-9-23-12-21)11-22(15)17(20-13)19(5,6)7/h13-14H,8-12H2,1-7H3/t13-,14?/m0/s1. The van der Waals surface area contributed by atoms with Crippen molar-refractivity contribution in [2.24, 2.45) is 15.8 Å². The molecule has 1 unspecified atom stereocenters. The van der Waals surface area contributed by atoms with Crippen LogP contribution in [0.4, 0.5) is 0 Å². The van der Waals surface area contributed by atoms with Crippen molar-refractivity contribution in [3.05, 3.63) is 11.3 Å². The molecule has 2 atom stereocenters. The lowest BCUT2D eigenvalue weighted by molar-refractivity contribution is 0.117. The van der Waals surface area contributed by atoms with Crippen molar-refractivity contribution in [3.8, 4) is 0 Å². The van der Waals surface area contributed by atoms with Crippen molar-refractivity contribution < 1.29 is 4.74 Å². The van der Waals surface area contributed by atoms with E-state index in [9.17, 15) is 0 Å². The number of amidine groups is 1. The molecule has 130 valence electrons. The molecular weight excluding hydrogens is 286 g/mol. The summed E-state index contributed by atoms with van der Waals surface area (Å²) in [5.41, 5.74) is 3.30. The molecule has 3 heterocycles. The van der Waals surface area contributed by atoms with Gasteiger partial charge in [0.1, 0.15) is 5.84 Å². The molecular formula is C19H33N3O. The largest absolute Gasteiger partial charge is 0.365 e. The van der Waals surface area contributed by atoms with Crippen LogP contribution in [0, 0.1) is 10.8 Å². The molecule has 2 saturated heterocycles. The molecule has 3 rings (SSSR count). The van der Waals surface area contributed by atoms with Crippen molar-refractivity contribution in [1.29, 1.82) is 0 Å². The Morgan fingerprint density at radius 2 is 1.78 bits per heavy atom. The summed E-state index contributed by atoms with van der Waals surface area (Å²) in [7, 11) is 0. The van der Waals surface area contributed by atoms with Gasteiger partial charge in [0.2, 0.25) is 0 Å². The van der Waals surface area contributed by atoms with E-state index in [1.165, 1.54) is 17.1 Å². The smallest absolute Gasteiger partial charge is 0.109 e. The fraction of sp³-hybridized carbons (Fsp3) is 0.842. The van der Waals surface area contributed by atoms with Gasteiger partial charge in [-0.25, -0.2) is 0 Å². The van der Waals surface area contributed by atoms with Crippen LogP contribution >= 0.6 is 0 Å². The minimum absolute atomic E-state index is 0.0827. The van der Waals surface area contributed by atoms with Gasteiger partial charge in [-0.05, 0) is 17.9 Å². The molecule has 4 heteroatoms. The van der Waals surface area contributed by atoms with Crippen molar-refractivity contribution >= 4 is 5.84 Å². The van der Waals surface area contributed by atoms with Crippen molar-refractivity contribution in [1.82, 2.24) is 9.80 Å². The molecule has 2 fully saturated rings. The van der Waals surface area contributed by atoms with Crippen LogP contribution in [0.2, 0.25) is 0 Å². The quantitative estimate of drug-likeness (QED) is 0.740. The van der Waals surface area contributed by atoms with E-state index in [0.29, 0.717) is 6.04 Å². The van der Waals surface area contributed by atoms with Crippen LogP contribution in [0.5, 0.6) is 0 Å². The maximum absolute atomic E-state index is 5.59. The molecule has 0 aliphatic carbocycles. The van der Waals surface area contributed by atoms with E-state index in [0.717, 1.165) is 32.8 Å². The van der Waals surface area contributed by atoms with Gasteiger partial charge in [-0.15, -0.1) is 0 Å². The van der Waals surface area contributed by atoms with Crippen LogP contribution in [0.3, 0.4) is 0 Å². The maximum Gasteiger partial charge on any atom is 0.109 e. The third-order valence-electron chi connectivity index (χ3n) is 5.22. The second kappa shape index (κ2) is 5.59. The predicted molar refractivity (Wildman–Crippen MR) is 95.5 cm³/mol. The van der Waals surface area contributed by atoms with Crippen LogP contribution < -0.4 is 0 Å². The molecule has 0 saturated carbocycles.